The molecular weight excluding hydrogens is 306 g/mol. The second kappa shape index (κ2) is 6.35. The first-order chi connectivity index (χ1) is 11.5. The van der Waals surface area contributed by atoms with Gasteiger partial charge in [0.2, 0.25) is 5.89 Å². The van der Waals surface area contributed by atoms with E-state index in [1.807, 2.05) is 19.1 Å². The van der Waals surface area contributed by atoms with Crippen LogP contribution in [0, 0.1) is 0 Å². The van der Waals surface area contributed by atoms with Gasteiger partial charge in [-0.25, -0.2) is 9.78 Å². The van der Waals surface area contributed by atoms with E-state index in [2.05, 4.69) is 18.0 Å². The molecule has 0 fully saturated rings. The number of carbonyl (C=O) groups is 1. The average molecular weight is 325 g/mol. The molecule has 0 saturated carbocycles. The molecule has 0 amide bonds. The van der Waals surface area contributed by atoms with Gasteiger partial charge in [-0.15, -0.1) is 0 Å². The van der Waals surface area contributed by atoms with Gasteiger partial charge in [-0.1, -0.05) is 6.08 Å². The summed E-state index contributed by atoms with van der Waals surface area (Å²) in [5, 5.41) is 8.95. The molecule has 0 bridgehead atoms. The molecule has 1 aliphatic rings. The molecule has 1 N–H and O–H groups in total. The zero-order chi connectivity index (χ0) is 17.2. The van der Waals surface area contributed by atoms with Gasteiger partial charge in [0.1, 0.15) is 11.5 Å². The molecule has 1 atom stereocenters. The van der Waals surface area contributed by atoms with Crippen LogP contribution in [0.3, 0.4) is 0 Å². The summed E-state index contributed by atoms with van der Waals surface area (Å²) in [4.78, 5) is 15.2. The first-order valence-corrected chi connectivity index (χ1v) is 7.84. The molecular formula is C19H19NO4. The maximum Gasteiger partial charge on any atom is 0.335 e. The van der Waals surface area contributed by atoms with E-state index in [0.717, 1.165) is 23.5 Å². The van der Waals surface area contributed by atoms with Crippen molar-refractivity contribution < 1.29 is 19.1 Å². The Labute approximate surface area is 140 Å². The second-order valence-corrected chi connectivity index (χ2v) is 5.91. The van der Waals surface area contributed by atoms with Gasteiger partial charge in [0.15, 0.2) is 0 Å². The highest BCUT2D eigenvalue weighted by molar-refractivity contribution is 5.88. The third-order valence-corrected chi connectivity index (χ3v) is 4.10. The Morgan fingerprint density at radius 3 is 2.71 bits per heavy atom. The zero-order valence-corrected chi connectivity index (χ0v) is 13.7. The number of rotatable bonds is 5. The quantitative estimate of drug-likeness (QED) is 0.893. The predicted molar refractivity (Wildman–Crippen MR) is 89.7 cm³/mol. The number of ether oxygens (including phenoxy) is 1. The van der Waals surface area contributed by atoms with Crippen LogP contribution in [0.4, 0.5) is 0 Å². The summed E-state index contributed by atoms with van der Waals surface area (Å²) in [6.07, 6.45) is 8.57. The van der Waals surface area contributed by atoms with Crippen LogP contribution in [-0.4, -0.2) is 22.7 Å². The Morgan fingerprint density at radius 1 is 1.38 bits per heavy atom. The number of aromatic nitrogens is 1. The number of allylic oxidation sites excluding steroid dienone is 3. The highest BCUT2D eigenvalue weighted by Gasteiger charge is 2.29. The lowest BCUT2D eigenvalue weighted by Crippen LogP contribution is -2.19. The summed E-state index contributed by atoms with van der Waals surface area (Å²) in [5.41, 5.74) is 0.717. The number of carboxylic acid groups (broad SMARTS) is 1. The van der Waals surface area contributed by atoms with Crippen molar-refractivity contribution in [1.29, 1.82) is 0 Å². The predicted octanol–water partition coefficient (Wildman–Crippen LogP) is 4.18. The van der Waals surface area contributed by atoms with Gasteiger partial charge < -0.3 is 14.3 Å². The van der Waals surface area contributed by atoms with Gasteiger partial charge >= 0.3 is 5.97 Å². The highest BCUT2D eigenvalue weighted by Crippen LogP contribution is 2.35. The standard InChI is InChI=1S/C19H19NO4/c1-3-23-15-8-10-19(2,11-9-15)16-12-20-17(24-16)13-4-6-14(7-5-13)18(21)22/h4-10,12H,3,11H2,1-2H3,(H,21,22). The first kappa shape index (κ1) is 16.1. The van der Waals surface area contributed by atoms with Gasteiger partial charge in [0.25, 0.3) is 0 Å². The van der Waals surface area contributed by atoms with Gasteiger partial charge in [0.05, 0.1) is 18.4 Å². The molecule has 124 valence electrons. The fourth-order valence-corrected chi connectivity index (χ4v) is 2.60. The second-order valence-electron chi connectivity index (χ2n) is 5.91. The lowest BCUT2D eigenvalue weighted by Gasteiger charge is -2.25. The monoisotopic (exact) mass is 325 g/mol. The van der Waals surface area contributed by atoms with Crippen LogP contribution < -0.4 is 0 Å². The van der Waals surface area contributed by atoms with Crippen LogP contribution in [0.2, 0.25) is 0 Å². The molecule has 0 saturated heterocycles. The highest BCUT2D eigenvalue weighted by atomic mass is 16.5. The number of benzene rings is 1. The van der Waals surface area contributed by atoms with E-state index in [1.54, 1.807) is 30.5 Å². The van der Waals surface area contributed by atoms with Crippen molar-refractivity contribution in [3.63, 3.8) is 0 Å². The minimum Gasteiger partial charge on any atom is -0.494 e. The summed E-state index contributed by atoms with van der Waals surface area (Å²) in [7, 11) is 0. The van der Waals surface area contributed by atoms with Crippen molar-refractivity contribution >= 4 is 5.97 Å². The molecule has 1 aliphatic carbocycles. The Bertz CT molecular complexity index is 801. The molecule has 1 aromatic carbocycles. The number of oxazole rings is 1. The molecule has 0 aliphatic heterocycles. The fourth-order valence-electron chi connectivity index (χ4n) is 2.60. The van der Waals surface area contributed by atoms with E-state index in [9.17, 15) is 4.79 Å². The normalized spacial score (nSPS) is 19.8. The molecule has 0 spiro atoms. The van der Waals surface area contributed by atoms with Crippen LogP contribution in [0.1, 0.15) is 36.4 Å². The number of hydrogen-bond donors (Lipinski definition) is 1. The molecule has 24 heavy (non-hydrogen) atoms. The van der Waals surface area contributed by atoms with Crippen LogP contribution in [0.25, 0.3) is 11.5 Å². The van der Waals surface area contributed by atoms with Crippen molar-refractivity contribution in [2.45, 2.75) is 25.7 Å². The van der Waals surface area contributed by atoms with Crippen LogP contribution in [-0.2, 0) is 10.2 Å². The van der Waals surface area contributed by atoms with E-state index in [1.165, 1.54) is 0 Å². The van der Waals surface area contributed by atoms with E-state index in [0.29, 0.717) is 12.5 Å². The van der Waals surface area contributed by atoms with E-state index in [-0.39, 0.29) is 11.0 Å². The minimum absolute atomic E-state index is 0.237. The third-order valence-electron chi connectivity index (χ3n) is 4.10. The van der Waals surface area contributed by atoms with Crippen molar-refractivity contribution in [3.8, 4) is 11.5 Å². The van der Waals surface area contributed by atoms with Gasteiger partial charge in [-0.2, -0.15) is 0 Å². The number of hydrogen-bond acceptors (Lipinski definition) is 4. The number of aromatic carboxylic acids is 1. The lowest BCUT2D eigenvalue weighted by molar-refractivity contribution is 0.0697. The van der Waals surface area contributed by atoms with Crippen LogP contribution in [0.15, 0.2) is 58.9 Å². The molecule has 2 aromatic rings. The molecule has 3 rings (SSSR count). The molecule has 5 heteroatoms. The number of nitrogens with zero attached hydrogens (tertiary/aromatic N) is 1. The summed E-state index contributed by atoms with van der Waals surface area (Å²) in [5.74, 6) is 1.17. The molecule has 1 aromatic heterocycles. The van der Waals surface area contributed by atoms with Crippen LogP contribution in [0.5, 0.6) is 0 Å². The maximum absolute atomic E-state index is 10.9. The first-order valence-electron chi connectivity index (χ1n) is 7.84. The van der Waals surface area contributed by atoms with Crippen molar-refractivity contribution in [2.75, 3.05) is 6.61 Å². The Balaban J connectivity index is 1.81. The lowest BCUT2D eigenvalue weighted by atomic mass is 9.81. The largest absolute Gasteiger partial charge is 0.494 e. The van der Waals surface area contributed by atoms with Crippen LogP contribution >= 0.6 is 0 Å². The van der Waals surface area contributed by atoms with Gasteiger partial charge in [0, 0.05) is 11.0 Å². The molecule has 1 heterocycles. The van der Waals surface area contributed by atoms with Crippen molar-refractivity contribution in [3.05, 3.63) is 65.8 Å². The average Bonchev–Trinajstić information content (AvgIpc) is 3.08. The third kappa shape index (κ3) is 3.11. The Kier molecular flexibility index (Phi) is 4.25. The molecule has 5 nitrogen and oxygen atoms in total. The maximum atomic E-state index is 10.9. The SMILES string of the molecule is CCOC1=CCC(C)(c2cnc(-c3ccc(C(=O)O)cc3)o2)C=C1. The van der Waals surface area contributed by atoms with E-state index >= 15 is 0 Å². The summed E-state index contributed by atoms with van der Waals surface area (Å²) in [6.45, 7) is 4.69. The zero-order valence-electron chi connectivity index (χ0n) is 13.7. The minimum atomic E-state index is -0.952. The topological polar surface area (TPSA) is 72.6 Å². The smallest absolute Gasteiger partial charge is 0.335 e. The summed E-state index contributed by atoms with van der Waals surface area (Å²) in [6, 6.07) is 6.48. The Morgan fingerprint density at radius 2 is 2.12 bits per heavy atom. The van der Waals surface area contributed by atoms with Crippen molar-refractivity contribution in [1.82, 2.24) is 4.98 Å². The summed E-state index contributed by atoms with van der Waals surface area (Å²) < 4.78 is 11.4. The van der Waals surface area contributed by atoms with E-state index < -0.39 is 5.97 Å². The van der Waals surface area contributed by atoms with E-state index in [4.69, 9.17) is 14.3 Å². The number of carboxylic acids is 1. The van der Waals surface area contributed by atoms with Gasteiger partial charge in [-0.05, 0) is 56.7 Å². The molecule has 1 unspecified atom stereocenters. The Hall–Kier alpha value is -2.82. The summed E-state index contributed by atoms with van der Waals surface area (Å²) >= 11 is 0. The molecule has 0 radical (unpaired) electrons. The van der Waals surface area contributed by atoms with Gasteiger partial charge in [-0.3, -0.25) is 0 Å². The van der Waals surface area contributed by atoms with Crippen molar-refractivity contribution in [2.24, 2.45) is 0 Å². The fraction of sp³-hybridized carbons (Fsp3) is 0.263.